The molecule has 0 aliphatic heterocycles. The van der Waals surface area contributed by atoms with Crippen LogP contribution >= 0.6 is 11.6 Å². The van der Waals surface area contributed by atoms with E-state index >= 15 is 0 Å². The van der Waals surface area contributed by atoms with Gasteiger partial charge >= 0.3 is 0 Å². The molecule has 1 N–H and O–H groups in total. The standard InChI is InChI=1S/C16H13ClF2N2O2/c1-10-6-12(17)3-5-15(10)23-9-16(22)21-20-8-11-2-4-13(18)7-14(11)19/h2-8H,9H2,1H3,(H,21,22)/b20-8-. The van der Waals surface area contributed by atoms with Gasteiger partial charge in [0.05, 0.1) is 6.21 Å². The van der Waals surface area contributed by atoms with Crippen molar-refractivity contribution >= 4 is 23.7 Å². The van der Waals surface area contributed by atoms with Crippen molar-refractivity contribution in [2.45, 2.75) is 6.92 Å². The Morgan fingerprint density at radius 2 is 2.09 bits per heavy atom. The number of nitrogens with zero attached hydrogens (tertiary/aromatic N) is 1. The van der Waals surface area contributed by atoms with Crippen molar-refractivity contribution < 1.29 is 18.3 Å². The van der Waals surface area contributed by atoms with Gasteiger partial charge < -0.3 is 4.74 Å². The summed E-state index contributed by atoms with van der Waals surface area (Å²) in [6.45, 7) is 1.54. The van der Waals surface area contributed by atoms with Crippen LogP contribution in [-0.2, 0) is 4.79 Å². The van der Waals surface area contributed by atoms with Crippen LogP contribution in [0.25, 0.3) is 0 Å². The summed E-state index contributed by atoms with van der Waals surface area (Å²) >= 11 is 5.82. The maximum absolute atomic E-state index is 13.3. The summed E-state index contributed by atoms with van der Waals surface area (Å²) in [5.74, 6) is -1.44. The quantitative estimate of drug-likeness (QED) is 0.670. The van der Waals surface area contributed by atoms with Crippen LogP contribution in [0.15, 0.2) is 41.5 Å². The molecule has 1 amide bonds. The molecule has 0 fully saturated rings. The first-order valence-corrected chi connectivity index (χ1v) is 6.99. The molecule has 0 aliphatic rings. The highest BCUT2D eigenvalue weighted by Crippen LogP contribution is 2.21. The van der Waals surface area contributed by atoms with Crippen molar-refractivity contribution in [2.75, 3.05) is 6.61 Å². The molecule has 0 saturated carbocycles. The van der Waals surface area contributed by atoms with Gasteiger partial charge in [-0.2, -0.15) is 5.10 Å². The smallest absolute Gasteiger partial charge is 0.277 e. The number of amides is 1. The van der Waals surface area contributed by atoms with Gasteiger partial charge in [-0.05, 0) is 42.8 Å². The number of benzene rings is 2. The Labute approximate surface area is 136 Å². The van der Waals surface area contributed by atoms with Crippen LogP contribution in [0.3, 0.4) is 0 Å². The summed E-state index contributed by atoms with van der Waals surface area (Å²) in [6, 6.07) is 8.06. The molecule has 2 rings (SSSR count). The van der Waals surface area contributed by atoms with E-state index in [0.29, 0.717) is 10.8 Å². The van der Waals surface area contributed by atoms with Gasteiger partial charge in [0, 0.05) is 16.7 Å². The average molecular weight is 339 g/mol. The summed E-state index contributed by atoms with van der Waals surface area (Å²) in [5, 5.41) is 4.17. The third-order valence-corrected chi connectivity index (χ3v) is 3.09. The molecule has 0 atom stereocenters. The molecule has 0 radical (unpaired) electrons. The lowest BCUT2D eigenvalue weighted by Crippen LogP contribution is -2.24. The Kier molecular flexibility index (Phi) is 5.65. The van der Waals surface area contributed by atoms with Gasteiger partial charge in [0.15, 0.2) is 6.61 Å². The van der Waals surface area contributed by atoms with Gasteiger partial charge in [0.1, 0.15) is 17.4 Å². The van der Waals surface area contributed by atoms with Gasteiger partial charge in [-0.15, -0.1) is 0 Å². The largest absolute Gasteiger partial charge is 0.483 e. The number of halogens is 3. The second-order valence-corrected chi connectivity index (χ2v) is 5.09. The molecule has 0 aromatic heterocycles. The molecule has 0 aliphatic carbocycles. The molecule has 2 aromatic carbocycles. The molecule has 2 aromatic rings. The van der Waals surface area contributed by atoms with Gasteiger partial charge in [-0.3, -0.25) is 4.79 Å². The van der Waals surface area contributed by atoms with Gasteiger partial charge in [0.25, 0.3) is 5.91 Å². The van der Waals surface area contributed by atoms with E-state index in [9.17, 15) is 13.6 Å². The molecule has 0 saturated heterocycles. The second-order valence-electron chi connectivity index (χ2n) is 4.66. The first kappa shape index (κ1) is 16.9. The summed E-state index contributed by atoms with van der Waals surface area (Å²) in [6.07, 6.45) is 1.08. The van der Waals surface area contributed by atoms with Gasteiger partial charge in [-0.1, -0.05) is 11.6 Å². The normalized spacial score (nSPS) is 10.8. The Balaban J connectivity index is 1.86. The molecule has 0 bridgehead atoms. The van der Waals surface area contributed by atoms with Crippen LogP contribution < -0.4 is 10.2 Å². The maximum atomic E-state index is 13.3. The summed E-state index contributed by atoms with van der Waals surface area (Å²) in [5.41, 5.74) is 3.04. The average Bonchev–Trinajstić information content (AvgIpc) is 2.48. The third-order valence-electron chi connectivity index (χ3n) is 2.85. The number of hydrazone groups is 1. The minimum Gasteiger partial charge on any atom is -0.483 e. The zero-order valence-corrected chi connectivity index (χ0v) is 12.9. The number of hydrogen-bond donors (Lipinski definition) is 1. The Morgan fingerprint density at radius 3 is 2.78 bits per heavy atom. The number of rotatable bonds is 5. The molecular weight excluding hydrogens is 326 g/mol. The lowest BCUT2D eigenvalue weighted by atomic mass is 10.2. The summed E-state index contributed by atoms with van der Waals surface area (Å²) in [7, 11) is 0. The zero-order chi connectivity index (χ0) is 16.8. The summed E-state index contributed by atoms with van der Waals surface area (Å²) < 4.78 is 31.4. The number of carbonyl (C=O) groups excluding carboxylic acids is 1. The lowest BCUT2D eigenvalue weighted by molar-refractivity contribution is -0.123. The number of carbonyl (C=O) groups is 1. The Morgan fingerprint density at radius 1 is 1.30 bits per heavy atom. The topological polar surface area (TPSA) is 50.7 Å². The number of nitrogens with one attached hydrogen (secondary N) is 1. The van der Waals surface area contributed by atoms with Gasteiger partial charge in [-0.25, -0.2) is 14.2 Å². The van der Waals surface area contributed by atoms with Crippen molar-refractivity contribution in [3.8, 4) is 5.75 Å². The van der Waals surface area contributed by atoms with E-state index in [0.717, 1.165) is 23.9 Å². The van der Waals surface area contributed by atoms with Crippen molar-refractivity contribution in [3.63, 3.8) is 0 Å². The Bertz CT molecular complexity index is 751. The van der Waals surface area contributed by atoms with E-state index in [1.807, 2.05) is 0 Å². The minimum atomic E-state index is -0.768. The molecule has 0 heterocycles. The highest BCUT2D eigenvalue weighted by atomic mass is 35.5. The zero-order valence-electron chi connectivity index (χ0n) is 12.1. The fourth-order valence-electron chi connectivity index (χ4n) is 1.73. The molecule has 7 heteroatoms. The predicted molar refractivity (Wildman–Crippen MR) is 83.8 cm³/mol. The minimum absolute atomic E-state index is 0.0566. The van der Waals surface area contributed by atoms with Gasteiger partial charge in [0.2, 0.25) is 0 Å². The van der Waals surface area contributed by atoms with Crippen LogP contribution in [0.1, 0.15) is 11.1 Å². The molecule has 0 spiro atoms. The van der Waals surface area contributed by atoms with Crippen molar-refractivity contribution in [3.05, 3.63) is 64.2 Å². The second kappa shape index (κ2) is 7.69. The van der Waals surface area contributed by atoms with Crippen LogP contribution in [-0.4, -0.2) is 18.7 Å². The van der Waals surface area contributed by atoms with Crippen LogP contribution in [0.4, 0.5) is 8.78 Å². The van der Waals surface area contributed by atoms with Crippen LogP contribution in [0.5, 0.6) is 5.75 Å². The molecule has 120 valence electrons. The van der Waals surface area contributed by atoms with Crippen molar-refractivity contribution in [2.24, 2.45) is 5.10 Å². The molecular formula is C16H13ClF2N2O2. The van der Waals surface area contributed by atoms with E-state index in [2.05, 4.69) is 10.5 Å². The number of ether oxygens (including phenoxy) is 1. The fourth-order valence-corrected chi connectivity index (χ4v) is 1.96. The molecule has 4 nitrogen and oxygen atoms in total. The van der Waals surface area contributed by atoms with Crippen molar-refractivity contribution in [1.29, 1.82) is 0 Å². The van der Waals surface area contributed by atoms with E-state index in [-0.39, 0.29) is 12.2 Å². The highest BCUT2D eigenvalue weighted by Gasteiger charge is 2.05. The number of hydrogen-bond acceptors (Lipinski definition) is 3. The summed E-state index contributed by atoms with van der Waals surface area (Å²) in [4.78, 5) is 11.6. The third kappa shape index (κ3) is 5.03. The monoisotopic (exact) mass is 338 g/mol. The van der Waals surface area contributed by atoms with Crippen LogP contribution in [0.2, 0.25) is 5.02 Å². The van der Waals surface area contributed by atoms with Crippen molar-refractivity contribution in [1.82, 2.24) is 5.43 Å². The lowest BCUT2D eigenvalue weighted by Gasteiger charge is -2.08. The molecule has 23 heavy (non-hydrogen) atoms. The first-order chi connectivity index (χ1) is 11.0. The SMILES string of the molecule is Cc1cc(Cl)ccc1OCC(=O)N/N=C\c1ccc(F)cc1F. The van der Waals surface area contributed by atoms with E-state index in [1.165, 1.54) is 6.07 Å². The maximum Gasteiger partial charge on any atom is 0.277 e. The van der Waals surface area contributed by atoms with E-state index < -0.39 is 17.5 Å². The van der Waals surface area contributed by atoms with E-state index in [1.54, 1.807) is 25.1 Å². The first-order valence-electron chi connectivity index (χ1n) is 6.61. The predicted octanol–water partition coefficient (Wildman–Crippen LogP) is 3.46. The molecule has 0 unspecified atom stereocenters. The van der Waals surface area contributed by atoms with E-state index in [4.69, 9.17) is 16.3 Å². The number of aryl methyl sites for hydroxylation is 1. The van der Waals surface area contributed by atoms with Crippen LogP contribution in [0, 0.1) is 18.6 Å². The highest BCUT2D eigenvalue weighted by molar-refractivity contribution is 6.30. The Hall–Kier alpha value is -2.47. The fraction of sp³-hybridized carbons (Fsp3) is 0.125.